The Kier molecular flexibility index (Phi) is 4.40. The molecule has 0 heterocycles. The average Bonchev–Trinajstić information content (AvgIpc) is 2.26. The van der Waals surface area contributed by atoms with E-state index < -0.39 is 11.9 Å². The maximum Gasteiger partial charge on any atom is 0.316 e. The predicted molar refractivity (Wildman–Crippen MR) is 57.7 cm³/mol. The molecule has 4 nitrogen and oxygen atoms in total. The highest BCUT2D eigenvalue weighted by Gasteiger charge is 2.27. The van der Waals surface area contributed by atoms with Gasteiger partial charge in [-0.25, -0.2) is 0 Å². The van der Waals surface area contributed by atoms with Gasteiger partial charge in [0, 0.05) is 6.42 Å². The third-order valence-corrected chi connectivity index (χ3v) is 2.76. The zero-order chi connectivity index (χ0) is 12.1. The fourth-order valence-electron chi connectivity index (χ4n) is 1.77. The third-order valence-electron chi connectivity index (χ3n) is 2.76. The maximum atomic E-state index is 11.5. The Morgan fingerprint density at radius 1 is 1.50 bits per heavy atom. The summed E-state index contributed by atoms with van der Waals surface area (Å²) < 4.78 is 4.55. The van der Waals surface area contributed by atoms with E-state index in [1.165, 1.54) is 14.0 Å². The van der Waals surface area contributed by atoms with Crippen LogP contribution >= 0.6 is 0 Å². The van der Waals surface area contributed by atoms with E-state index in [0.29, 0.717) is 12.0 Å². The largest absolute Gasteiger partial charge is 0.468 e. The van der Waals surface area contributed by atoms with Gasteiger partial charge in [-0.15, -0.1) is 0 Å². The monoisotopic (exact) mass is 224 g/mol. The Hall–Kier alpha value is -1.45. The highest BCUT2D eigenvalue weighted by Crippen LogP contribution is 2.22. The lowest BCUT2D eigenvalue weighted by Gasteiger charge is -2.16. The van der Waals surface area contributed by atoms with Crippen LogP contribution < -0.4 is 0 Å². The molecular weight excluding hydrogens is 208 g/mol. The van der Waals surface area contributed by atoms with Crippen molar-refractivity contribution in [3.05, 3.63) is 11.6 Å². The molecule has 0 bridgehead atoms. The van der Waals surface area contributed by atoms with Gasteiger partial charge in [-0.05, 0) is 31.8 Å². The van der Waals surface area contributed by atoms with E-state index in [4.69, 9.17) is 0 Å². The zero-order valence-electron chi connectivity index (χ0n) is 9.62. The van der Waals surface area contributed by atoms with Gasteiger partial charge >= 0.3 is 5.97 Å². The highest BCUT2D eigenvalue weighted by atomic mass is 16.5. The summed E-state index contributed by atoms with van der Waals surface area (Å²) in [6, 6.07) is 0. The lowest BCUT2D eigenvalue weighted by Crippen LogP contribution is -2.25. The lowest BCUT2D eigenvalue weighted by molar-refractivity contribution is -0.148. The first kappa shape index (κ1) is 12.6. The third kappa shape index (κ3) is 3.02. The first-order chi connectivity index (χ1) is 7.56. The molecule has 0 radical (unpaired) electrons. The molecule has 16 heavy (non-hydrogen) atoms. The van der Waals surface area contributed by atoms with Crippen LogP contribution in [0.25, 0.3) is 0 Å². The fourth-order valence-corrected chi connectivity index (χ4v) is 1.77. The van der Waals surface area contributed by atoms with Crippen molar-refractivity contribution in [3.8, 4) is 0 Å². The summed E-state index contributed by atoms with van der Waals surface area (Å²) in [4.78, 5) is 34.2. The summed E-state index contributed by atoms with van der Waals surface area (Å²) >= 11 is 0. The van der Waals surface area contributed by atoms with Gasteiger partial charge in [0.1, 0.15) is 11.7 Å². The Labute approximate surface area is 94.7 Å². The molecule has 88 valence electrons. The van der Waals surface area contributed by atoms with Gasteiger partial charge in [0.05, 0.1) is 7.11 Å². The topological polar surface area (TPSA) is 60.4 Å². The molecule has 1 unspecified atom stereocenters. The van der Waals surface area contributed by atoms with E-state index in [0.717, 1.165) is 12.8 Å². The molecule has 0 aromatic rings. The molecule has 1 aliphatic rings. The summed E-state index contributed by atoms with van der Waals surface area (Å²) in [5.41, 5.74) is 0.594. The molecule has 0 aromatic heterocycles. The van der Waals surface area contributed by atoms with Crippen LogP contribution in [0.2, 0.25) is 0 Å². The Morgan fingerprint density at radius 2 is 2.19 bits per heavy atom. The van der Waals surface area contributed by atoms with E-state index >= 15 is 0 Å². The molecule has 1 atom stereocenters. The number of rotatable bonds is 4. The van der Waals surface area contributed by atoms with Crippen LogP contribution in [-0.4, -0.2) is 24.6 Å². The number of hydrogen-bond donors (Lipinski definition) is 0. The zero-order valence-corrected chi connectivity index (χ0v) is 9.62. The van der Waals surface area contributed by atoms with Crippen molar-refractivity contribution in [2.75, 3.05) is 7.11 Å². The lowest BCUT2D eigenvalue weighted by atomic mass is 9.88. The van der Waals surface area contributed by atoms with Crippen LogP contribution in [-0.2, 0) is 19.1 Å². The number of ketones is 2. The van der Waals surface area contributed by atoms with Gasteiger partial charge < -0.3 is 4.74 Å². The van der Waals surface area contributed by atoms with Gasteiger partial charge in [0.2, 0.25) is 0 Å². The molecule has 0 fully saturated rings. The van der Waals surface area contributed by atoms with Gasteiger partial charge in [0.15, 0.2) is 5.78 Å². The molecule has 4 heteroatoms. The quantitative estimate of drug-likeness (QED) is 0.535. The molecule has 1 aliphatic carbocycles. The van der Waals surface area contributed by atoms with Crippen LogP contribution in [0.15, 0.2) is 11.6 Å². The van der Waals surface area contributed by atoms with Gasteiger partial charge in [-0.1, -0.05) is 6.08 Å². The minimum Gasteiger partial charge on any atom is -0.468 e. The molecule has 0 amide bonds. The van der Waals surface area contributed by atoms with Crippen LogP contribution in [0, 0.1) is 5.92 Å². The van der Waals surface area contributed by atoms with Crippen molar-refractivity contribution in [2.45, 2.75) is 32.6 Å². The van der Waals surface area contributed by atoms with E-state index in [9.17, 15) is 14.4 Å². The number of Topliss-reactive ketones (excluding diaryl/α,β-unsaturated/α-hetero) is 2. The SMILES string of the molecule is COC(=O)C(CC1=CCCCC1=O)C(C)=O. The van der Waals surface area contributed by atoms with E-state index in [1.807, 2.05) is 6.08 Å². The summed E-state index contributed by atoms with van der Waals surface area (Å²) in [6.45, 7) is 1.34. The normalized spacial score (nSPS) is 17.6. The van der Waals surface area contributed by atoms with Gasteiger partial charge in [0.25, 0.3) is 0 Å². The fraction of sp³-hybridized carbons (Fsp3) is 0.583. The van der Waals surface area contributed by atoms with Crippen LogP contribution in [0.1, 0.15) is 32.6 Å². The summed E-state index contributed by atoms with van der Waals surface area (Å²) in [7, 11) is 1.25. The van der Waals surface area contributed by atoms with Crippen molar-refractivity contribution >= 4 is 17.5 Å². The summed E-state index contributed by atoms with van der Waals surface area (Å²) in [5.74, 6) is -1.61. The molecule has 1 rings (SSSR count). The van der Waals surface area contributed by atoms with E-state index in [-0.39, 0.29) is 18.0 Å². The van der Waals surface area contributed by atoms with Crippen molar-refractivity contribution < 1.29 is 19.1 Å². The number of carbonyl (C=O) groups excluding carboxylic acids is 3. The van der Waals surface area contributed by atoms with Crippen LogP contribution in [0.3, 0.4) is 0 Å². The van der Waals surface area contributed by atoms with Crippen LogP contribution in [0.4, 0.5) is 0 Å². The maximum absolute atomic E-state index is 11.5. The van der Waals surface area contributed by atoms with Crippen molar-refractivity contribution in [1.82, 2.24) is 0 Å². The highest BCUT2D eigenvalue weighted by molar-refractivity contribution is 6.01. The van der Waals surface area contributed by atoms with Crippen molar-refractivity contribution in [3.63, 3.8) is 0 Å². The second-order valence-electron chi connectivity index (χ2n) is 3.94. The van der Waals surface area contributed by atoms with E-state index in [1.54, 1.807) is 0 Å². The molecule has 0 N–H and O–H groups in total. The predicted octanol–water partition coefficient (Wildman–Crippen LogP) is 1.43. The molecular formula is C12H16O4. The number of methoxy groups -OCH3 is 1. The molecule has 0 saturated carbocycles. The number of carbonyl (C=O) groups is 3. The smallest absolute Gasteiger partial charge is 0.316 e. The van der Waals surface area contributed by atoms with Gasteiger partial charge in [-0.2, -0.15) is 0 Å². The molecule has 0 saturated heterocycles. The minimum atomic E-state index is -0.835. The standard InChI is InChI=1S/C12H16O4/c1-8(13)10(12(15)16-2)7-9-5-3-4-6-11(9)14/h5,10H,3-4,6-7H2,1-2H3. The number of hydrogen-bond acceptors (Lipinski definition) is 4. The minimum absolute atomic E-state index is 0.0430. The van der Waals surface area contributed by atoms with Crippen molar-refractivity contribution in [2.24, 2.45) is 5.92 Å². The molecule has 0 spiro atoms. The summed E-state index contributed by atoms with van der Waals surface area (Å²) in [6.07, 6.45) is 4.21. The van der Waals surface area contributed by atoms with E-state index in [2.05, 4.69) is 4.74 Å². The van der Waals surface area contributed by atoms with Crippen molar-refractivity contribution in [1.29, 1.82) is 0 Å². The second-order valence-corrected chi connectivity index (χ2v) is 3.94. The Bertz CT molecular complexity index is 341. The molecule has 0 aliphatic heterocycles. The Morgan fingerprint density at radius 3 is 2.69 bits per heavy atom. The molecule has 0 aromatic carbocycles. The van der Waals surface area contributed by atoms with Gasteiger partial charge in [-0.3, -0.25) is 14.4 Å². The number of esters is 1. The first-order valence-corrected chi connectivity index (χ1v) is 5.36. The first-order valence-electron chi connectivity index (χ1n) is 5.36. The average molecular weight is 224 g/mol. The number of ether oxygens (including phenoxy) is 1. The van der Waals surface area contributed by atoms with Crippen LogP contribution in [0.5, 0.6) is 0 Å². The second kappa shape index (κ2) is 5.58. The Balaban J connectivity index is 2.75. The number of allylic oxidation sites excluding steroid dienone is 2. The summed E-state index contributed by atoms with van der Waals surface area (Å²) in [5, 5.41) is 0.